The summed E-state index contributed by atoms with van der Waals surface area (Å²) in [4.78, 5) is 33.7. The van der Waals surface area contributed by atoms with E-state index < -0.39 is 5.41 Å². The van der Waals surface area contributed by atoms with E-state index in [1.807, 2.05) is 37.3 Å². The fraction of sp³-hybridized carbons (Fsp3) is 0.333. The van der Waals surface area contributed by atoms with Crippen LogP contribution in [0.3, 0.4) is 0 Å². The van der Waals surface area contributed by atoms with Gasteiger partial charge in [-0.15, -0.1) is 0 Å². The molecule has 1 aromatic carbocycles. The number of fused-ring (bicyclic) bond motifs is 2. The van der Waals surface area contributed by atoms with Crippen LogP contribution in [-0.2, 0) is 28.0 Å². The first-order chi connectivity index (χ1) is 19.5. The van der Waals surface area contributed by atoms with Crippen molar-refractivity contribution in [2.75, 3.05) is 31.7 Å². The van der Waals surface area contributed by atoms with Crippen molar-refractivity contribution in [3.63, 3.8) is 0 Å². The third-order valence-corrected chi connectivity index (χ3v) is 7.59. The summed E-state index contributed by atoms with van der Waals surface area (Å²) in [7, 11) is 1.73. The predicted molar refractivity (Wildman–Crippen MR) is 148 cm³/mol. The molecule has 6 rings (SSSR count). The molecule has 4 aromatic rings. The first-order valence-corrected chi connectivity index (χ1v) is 13.2. The summed E-state index contributed by atoms with van der Waals surface area (Å²) >= 11 is 0. The molecule has 1 saturated heterocycles. The molecule has 2 aliphatic heterocycles. The molecule has 0 aliphatic carbocycles. The Balaban J connectivity index is 1.19. The fourth-order valence-electron chi connectivity index (χ4n) is 5.21. The summed E-state index contributed by atoms with van der Waals surface area (Å²) in [6.45, 7) is 4.44. The Morgan fingerprint density at radius 2 is 2.08 bits per heavy atom. The van der Waals surface area contributed by atoms with Gasteiger partial charge in [0.2, 0.25) is 5.95 Å². The number of nitrogens with one attached hydrogen (secondary N) is 1. The van der Waals surface area contributed by atoms with Crippen LogP contribution in [0.5, 0.6) is 0 Å². The van der Waals surface area contributed by atoms with Gasteiger partial charge in [0.05, 0.1) is 54.5 Å². The second-order valence-electron chi connectivity index (χ2n) is 10.4. The average Bonchev–Trinajstić information content (AvgIpc) is 3.49. The van der Waals surface area contributed by atoms with Gasteiger partial charge in [-0.1, -0.05) is 6.07 Å². The van der Waals surface area contributed by atoms with Crippen LogP contribution in [0.4, 0.5) is 5.95 Å². The van der Waals surface area contributed by atoms with E-state index in [4.69, 9.17) is 19.4 Å². The van der Waals surface area contributed by atoms with Crippen LogP contribution >= 0.6 is 0 Å². The van der Waals surface area contributed by atoms with Crippen LogP contribution < -0.4 is 10.2 Å². The number of methoxy groups -OCH3 is 1. The van der Waals surface area contributed by atoms with Gasteiger partial charge in [0.25, 0.3) is 5.91 Å². The van der Waals surface area contributed by atoms with E-state index in [1.54, 1.807) is 31.6 Å². The Labute approximate surface area is 232 Å². The summed E-state index contributed by atoms with van der Waals surface area (Å²) in [5, 5.41) is 13.5. The quantitative estimate of drug-likeness (QED) is 0.394. The molecular weight excluding hydrogens is 506 g/mol. The summed E-state index contributed by atoms with van der Waals surface area (Å²) in [5.74, 6) is 0.436. The molecule has 2 atom stereocenters. The highest BCUT2D eigenvalue weighted by atomic mass is 16.5. The number of ether oxygens (including phenoxy) is 2. The Morgan fingerprint density at radius 3 is 2.90 bits per heavy atom. The van der Waals surface area contributed by atoms with Crippen LogP contribution in [0, 0.1) is 11.3 Å². The topological polar surface area (TPSA) is 126 Å². The third kappa shape index (κ3) is 4.97. The first-order valence-electron chi connectivity index (χ1n) is 13.2. The van der Waals surface area contributed by atoms with Crippen LogP contribution in [0.1, 0.15) is 40.5 Å². The molecule has 5 heterocycles. The van der Waals surface area contributed by atoms with Crippen LogP contribution in [-0.4, -0.2) is 58.8 Å². The number of hydrogen-bond donors (Lipinski definition) is 1. The van der Waals surface area contributed by atoms with Gasteiger partial charge in [0.1, 0.15) is 5.41 Å². The van der Waals surface area contributed by atoms with Crippen LogP contribution in [0.2, 0.25) is 0 Å². The van der Waals surface area contributed by atoms with Crippen molar-refractivity contribution >= 4 is 22.8 Å². The third-order valence-electron chi connectivity index (χ3n) is 7.59. The van der Waals surface area contributed by atoms with Crippen LogP contribution in [0.25, 0.3) is 22.3 Å². The van der Waals surface area contributed by atoms with Gasteiger partial charge >= 0.3 is 0 Å². The van der Waals surface area contributed by atoms with Crippen molar-refractivity contribution < 1.29 is 14.3 Å². The number of anilines is 1. The second kappa shape index (κ2) is 10.6. The normalized spacial score (nSPS) is 20.2. The van der Waals surface area contributed by atoms with E-state index in [9.17, 15) is 10.1 Å². The van der Waals surface area contributed by atoms with Gasteiger partial charge in [-0.2, -0.15) is 5.26 Å². The minimum absolute atomic E-state index is 0.192. The standard InChI is InChI=1S/C30H29N7O3/c1-30(17-31)18-40-16-21-4-3-19(11-24(21)30)28(38)34-14-22-12-27-20(13-33-22)5-6-25(35-27)26-7-9-32-29(36-26)37-10-8-23(15-37)39-2/h3-7,9,11-13,23H,8,10,14-16,18H2,1-2H3,(H,34,38)/t23-,30-/m1/s1. The SMILES string of the molecule is CO[C@@H]1CCN(c2nccc(-c3ccc4cnc(CNC(=O)c5ccc6c(c5)[C@](C)(C#N)COC6)cc4n3)n2)C1. The van der Waals surface area contributed by atoms with Crippen molar-refractivity contribution in [3.8, 4) is 17.5 Å². The number of carbonyl (C=O) groups is 1. The number of hydrogen-bond acceptors (Lipinski definition) is 9. The first kappa shape index (κ1) is 25.8. The lowest BCUT2D eigenvalue weighted by molar-refractivity contribution is 0.0757. The number of carbonyl (C=O) groups excluding carboxylic acids is 1. The van der Waals surface area contributed by atoms with E-state index >= 15 is 0 Å². The van der Waals surface area contributed by atoms with E-state index in [-0.39, 0.29) is 18.6 Å². The Hall–Kier alpha value is -4.46. The Bertz CT molecular complexity index is 1640. The highest BCUT2D eigenvalue weighted by Crippen LogP contribution is 2.32. The van der Waals surface area contributed by atoms with Gasteiger partial charge in [0.15, 0.2) is 0 Å². The molecule has 1 amide bonds. The van der Waals surface area contributed by atoms with E-state index in [2.05, 4.69) is 26.3 Å². The van der Waals surface area contributed by atoms with Crippen molar-refractivity contribution in [1.82, 2.24) is 25.3 Å². The minimum atomic E-state index is -0.779. The molecule has 40 heavy (non-hydrogen) atoms. The summed E-state index contributed by atoms with van der Waals surface area (Å²) < 4.78 is 11.0. The molecule has 3 aromatic heterocycles. The van der Waals surface area contributed by atoms with E-state index in [1.165, 1.54) is 0 Å². The van der Waals surface area contributed by atoms with Gasteiger partial charge < -0.3 is 19.7 Å². The monoisotopic (exact) mass is 535 g/mol. The molecule has 202 valence electrons. The molecule has 0 unspecified atom stereocenters. The highest BCUT2D eigenvalue weighted by molar-refractivity contribution is 5.94. The number of aromatic nitrogens is 4. The zero-order valence-corrected chi connectivity index (χ0v) is 22.4. The van der Waals surface area contributed by atoms with Crippen molar-refractivity contribution in [2.45, 2.75) is 38.0 Å². The average molecular weight is 536 g/mol. The molecule has 0 bridgehead atoms. The fourth-order valence-corrected chi connectivity index (χ4v) is 5.21. The lowest BCUT2D eigenvalue weighted by Crippen LogP contribution is -2.33. The smallest absolute Gasteiger partial charge is 0.251 e. The van der Waals surface area contributed by atoms with Gasteiger partial charge in [0, 0.05) is 43.5 Å². The van der Waals surface area contributed by atoms with Crippen molar-refractivity contribution in [3.05, 3.63) is 77.2 Å². The molecule has 10 nitrogen and oxygen atoms in total. The molecule has 1 N–H and O–H groups in total. The number of amides is 1. The number of nitrogens with zero attached hydrogens (tertiary/aromatic N) is 6. The summed E-state index contributed by atoms with van der Waals surface area (Å²) in [6.07, 6.45) is 4.65. The molecule has 10 heteroatoms. The molecule has 1 fully saturated rings. The minimum Gasteiger partial charge on any atom is -0.380 e. The molecule has 2 aliphatic rings. The number of benzene rings is 1. The lowest BCUT2D eigenvalue weighted by Gasteiger charge is -2.30. The maximum atomic E-state index is 13.0. The Morgan fingerprint density at radius 1 is 1.20 bits per heavy atom. The maximum Gasteiger partial charge on any atom is 0.251 e. The van der Waals surface area contributed by atoms with Crippen LogP contribution in [0.15, 0.2) is 54.9 Å². The van der Waals surface area contributed by atoms with Gasteiger partial charge in [-0.25, -0.2) is 15.0 Å². The number of pyridine rings is 2. The maximum absolute atomic E-state index is 13.0. The zero-order chi connectivity index (χ0) is 27.7. The van der Waals surface area contributed by atoms with E-state index in [0.29, 0.717) is 30.4 Å². The summed E-state index contributed by atoms with van der Waals surface area (Å²) in [5.41, 5.74) is 4.41. The Kier molecular flexibility index (Phi) is 6.84. The largest absolute Gasteiger partial charge is 0.380 e. The number of rotatable bonds is 6. The zero-order valence-electron chi connectivity index (χ0n) is 22.4. The van der Waals surface area contributed by atoms with Crippen molar-refractivity contribution in [1.29, 1.82) is 5.26 Å². The van der Waals surface area contributed by atoms with E-state index in [0.717, 1.165) is 52.9 Å². The molecular formula is C30H29N7O3. The predicted octanol–water partition coefficient (Wildman–Crippen LogP) is 3.55. The molecule has 0 radical (unpaired) electrons. The lowest BCUT2D eigenvalue weighted by atomic mass is 9.79. The second-order valence-corrected chi connectivity index (χ2v) is 10.4. The van der Waals surface area contributed by atoms with Crippen molar-refractivity contribution in [2.24, 2.45) is 0 Å². The highest BCUT2D eigenvalue weighted by Gasteiger charge is 2.33. The molecule has 0 saturated carbocycles. The molecule has 0 spiro atoms. The van der Waals surface area contributed by atoms with Gasteiger partial charge in [-0.3, -0.25) is 9.78 Å². The summed E-state index contributed by atoms with van der Waals surface area (Å²) in [6, 6.07) is 15.4. The van der Waals surface area contributed by atoms with Gasteiger partial charge in [-0.05, 0) is 60.9 Å². The number of nitriles is 1.